The van der Waals surface area contributed by atoms with Crippen LogP contribution in [0.3, 0.4) is 0 Å². The molecule has 3 heterocycles. The van der Waals surface area contributed by atoms with Gasteiger partial charge < -0.3 is 9.88 Å². The summed E-state index contributed by atoms with van der Waals surface area (Å²) in [6.45, 7) is 1.11. The maximum atomic E-state index is 13.1. The Labute approximate surface area is 159 Å². The molecule has 2 aliphatic rings. The topological polar surface area (TPSA) is 96.8 Å². The van der Waals surface area contributed by atoms with Crippen LogP contribution in [0.2, 0.25) is 0 Å². The van der Waals surface area contributed by atoms with Crippen LogP contribution in [0.5, 0.6) is 0 Å². The molecule has 1 N–H and O–H groups in total. The zero-order valence-electron chi connectivity index (χ0n) is 15.1. The highest BCUT2D eigenvalue weighted by Crippen LogP contribution is 2.38. The molecule has 8 nitrogen and oxygen atoms in total. The van der Waals surface area contributed by atoms with Crippen LogP contribution in [0.4, 0.5) is 4.39 Å². The molecule has 1 amide bonds. The Hall–Kier alpha value is -3.10. The Kier molecular flexibility index (Phi) is 3.96. The van der Waals surface area contributed by atoms with E-state index in [1.54, 1.807) is 9.58 Å². The zero-order chi connectivity index (χ0) is 19.3. The second-order valence-corrected chi connectivity index (χ2v) is 7.46. The lowest BCUT2D eigenvalue weighted by atomic mass is 10.0. The molecule has 1 aliphatic heterocycles. The van der Waals surface area contributed by atoms with Crippen molar-refractivity contribution in [3.8, 4) is 0 Å². The van der Waals surface area contributed by atoms with Crippen LogP contribution in [0, 0.1) is 5.82 Å². The van der Waals surface area contributed by atoms with Gasteiger partial charge in [0.15, 0.2) is 11.2 Å². The lowest BCUT2D eigenvalue weighted by Gasteiger charge is -2.32. The molecule has 0 unspecified atom stereocenters. The van der Waals surface area contributed by atoms with Crippen LogP contribution < -0.4 is 5.56 Å². The number of H-pyrrole nitrogens is 1. The van der Waals surface area contributed by atoms with Gasteiger partial charge in [-0.05, 0) is 49.9 Å². The summed E-state index contributed by atoms with van der Waals surface area (Å²) in [6, 6.07) is 5.63. The summed E-state index contributed by atoms with van der Waals surface area (Å²) in [4.78, 5) is 34.0. The highest BCUT2D eigenvalue weighted by Gasteiger charge is 2.30. The van der Waals surface area contributed by atoms with Gasteiger partial charge in [0, 0.05) is 24.6 Å². The van der Waals surface area contributed by atoms with E-state index in [0.29, 0.717) is 48.9 Å². The largest absolute Gasteiger partial charge is 0.338 e. The first-order valence-electron chi connectivity index (χ1n) is 9.50. The normalized spacial score (nSPS) is 18.0. The third-order valence-electron chi connectivity index (χ3n) is 5.51. The van der Waals surface area contributed by atoms with E-state index in [-0.39, 0.29) is 28.8 Å². The Morgan fingerprint density at radius 3 is 2.50 bits per heavy atom. The molecular weight excluding hydrogens is 363 g/mol. The molecular formula is C19H19FN6O2. The maximum absolute atomic E-state index is 13.1. The number of halogens is 1. The molecule has 0 radical (unpaired) electrons. The number of nitrogens with zero attached hydrogens (tertiary/aromatic N) is 5. The summed E-state index contributed by atoms with van der Waals surface area (Å²) in [6.07, 6.45) is 3.47. The van der Waals surface area contributed by atoms with Gasteiger partial charge in [-0.25, -0.2) is 14.1 Å². The van der Waals surface area contributed by atoms with E-state index >= 15 is 0 Å². The fourth-order valence-corrected chi connectivity index (χ4v) is 3.74. The second kappa shape index (κ2) is 6.50. The van der Waals surface area contributed by atoms with Gasteiger partial charge >= 0.3 is 0 Å². The van der Waals surface area contributed by atoms with E-state index in [0.717, 1.165) is 12.8 Å². The highest BCUT2D eigenvalue weighted by atomic mass is 19.1. The Balaban J connectivity index is 1.35. The van der Waals surface area contributed by atoms with Crippen molar-refractivity contribution in [2.45, 2.75) is 37.6 Å². The summed E-state index contributed by atoms with van der Waals surface area (Å²) in [5, 5.41) is 8.19. The first-order chi connectivity index (χ1) is 13.6. The van der Waals surface area contributed by atoms with Gasteiger partial charge in [0.05, 0.1) is 6.04 Å². The van der Waals surface area contributed by atoms with Crippen LogP contribution in [0.15, 0.2) is 29.1 Å². The molecule has 1 saturated heterocycles. The van der Waals surface area contributed by atoms with E-state index in [1.165, 1.54) is 24.3 Å². The van der Waals surface area contributed by atoms with Crippen molar-refractivity contribution in [3.63, 3.8) is 0 Å². The van der Waals surface area contributed by atoms with Crippen LogP contribution in [-0.4, -0.2) is 48.9 Å². The lowest BCUT2D eigenvalue weighted by Crippen LogP contribution is -2.39. The second-order valence-electron chi connectivity index (χ2n) is 7.46. The predicted octanol–water partition coefficient (Wildman–Crippen LogP) is 2.01. The maximum Gasteiger partial charge on any atom is 0.281 e. The van der Waals surface area contributed by atoms with Crippen molar-refractivity contribution < 1.29 is 9.18 Å². The third-order valence-corrected chi connectivity index (χ3v) is 5.51. The summed E-state index contributed by atoms with van der Waals surface area (Å²) >= 11 is 0. The van der Waals surface area contributed by atoms with Crippen molar-refractivity contribution in [1.82, 2.24) is 29.9 Å². The average molecular weight is 382 g/mol. The van der Waals surface area contributed by atoms with Crippen LogP contribution >= 0.6 is 0 Å². The fourth-order valence-electron chi connectivity index (χ4n) is 3.74. The smallest absolute Gasteiger partial charge is 0.281 e. The summed E-state index contributed by atoms with van der Waals surface area (Å²) in [7, 11) is 0. The molecule has 9 heteroatoms. The minimum Gasteiger partial charge on any atom is -0.338 e. The Morgan fingerprint density at radius 2 is 1.82 bits per heavy atom. The van der Waals surface area contributed by atoms with Gasteiger partial charge in [0.25, 0.3) is 11.5 Å². The van der Waals surface area contributed by atoms with Gasteiger partial charge in [0.1, 0.15) is 11.6 Å². The van der Waals surface area contributed by atoms with Gasteiger partial charge in [-0.1, -0.05) is 5.21 Å². The fraction of sp³-hybridized carbons (Fsp3) is 0.421. The number of fused-ring (bicyclic) bond motifs is 1. The summed E-state index contributed by atoms with van der Waals surface area (Å²) in [5.74, 6) is 0.578. The summed E-state index contributed by atoms with van der Waals surface area (Å²) in [5.41, 5.74) is 1.01. The van der Waals surface area contributed by atoms with E-state index in [4.69, 9.17) is 0 Å². The standard InChI is InChI=1S/C19H19FN6O2/c20-13-5-3-12(4-6-13)19(28)25-9-7-14(8-10-25)26-17-15(23-24-26)18(27)22-16(21-17)11-1-2-11/h3-6,11,14H,1-2,7-10H2,(H,21,22,27). The number of hydrogen-bond donors (Lipinski definition) is 1. The molecule has 0 atom stereocenters. The minimum atomic E-state index is -0.360. The van der Waals surface area contributed by atoms with Crippen molar-refractivity contribution in [2.75, 3.05) is 13.1 Å². The Bertz CT molecular complexity index is 1090. The number of rotatable bonds is 3. The predicted molar refractivity (Wildman–Crippen MR) is 98.5 cm³/mol. The molecule has 0 spiro atoms. The molecule has 2 fully saturated rings. The number of carbonyl (C=O) groups excluding carboxylic acids is 1. The third kappa shape index (κ3) is 2.96. The molecule has 28 heavy (non-hydrogen) atoms. The number of benzene rings is 1. The van der Waals surface area contributed by atoms with Gasteiger partial charge in [-0.2, -0.15) is 0 Å². The van der Waals surface area contributed by atoms with E-state index in [2.05, 4.69) is 20.3 Å². The van der Waals surface area contributed by atoms with E-state index < -0.39 is 0 Å². The number of aromatic nitrogens is 5. The molecule has 1 aliphatic carbocycles. The van der Waals surface area contributed by atoms with Gasteiger partial charge in [0.2, 0.25) is 0 Å². The van der Waals surface area contributed by atoms with Crippen LogP contribution in [0.1, 0.15) is 53.8 Å². The van der Waals surface area contributed by atoms with Crippen LogP contribution in [0.25, 0.3) is 11.2 Å². The van der Waals surface area contributed by atoms with E-state index in [1.807, 2.05) is 0 Å². The molecule has 3 aromatic rings. The first kappa shape index (κ1) is 17.0. The van der Waals surface area contributed by atoms with Crippen LogP contribution in [-0.2, 0) is 0 Å². The monoisotopic (exact) mass is 382 g/mol. The first-order valence-corrected chi connectivity index (χ1v) is 9.50. The highest BCUT2D eigenvalue weighted by molar-refractivity contribution is 5.94. The average Bonchev–Trinajstić information content (AvgIpc) is 3.48. The molecule has 2 aromatic heterocycles. The van der Waals surface area contributed by atoms with E-state index in [9.17, 15) is 14.0 Å². The molecule has 5 rings (SSSR count). The number of hydrogen-bond acceptors (Lipinski definition) is 5. The molecule has 144 valence electrons. The van der Waals surface area contributed by atoms with Gasteiger partial charge in [-0.15, -0.1) is 5.10 Å². The SMILES string of the molecule is O=C(c1ccc(F)cc1)N1CCC(n2nnc3c(=O)[nH]c(C4CC4)nc32)CC1. The number of piperidine rings is 1. The number of aromatic amines is 1. The minimum absolute atomic E-state index is 0.0311. The molecule has 1 aromatic carbocycles. The zero-order valence-corrected chi connectivity index (χ0v) is 15.1. The van der Waals surface area contributed by atoms with Gasteiger partial charge in [-0.3, -0.25) is 9.59 Å². The van der Waals surface area contributed by atoms with Crippen molar-refractivity contribution >= 4 is 17.1 Å². The number of amides is 1. The van der Waals surface area contributed by atoms with Crippen molar-refractivity contribution in [1.29, 1.82) is 0 Å². The molecule has 1 saturated carbocycles. The lowest BCUT2D eigenvalue weighted by molar-refractivity contribution is 0.0691. The number of likely N-dealkylation sites (tertiary alicyclic amines) is 1. The van der Waals surface area contributed by atoms with Crippen molar-refractivity contribution in [2.24, 2.45) is 0 Å². The quantitative estimate of drug-likeness (QED) is 0.747. The molecule has 0 bridgehead atoms. The Morgan fingerprint density at radius 1 is 1.11 bits per heavy atom. The van der Waals surface area contributed by atoms with Crippen molar-refractivity contribution in [3.05, 3.63) is 51.8 Å². The summed E-state index contributed by atoms with van der Waals surface area (Å²) < 4.78 is 14.8. The number of nitrogens with one attached hydrogen (secondary N) is 1. The number of carbonyl (C=O) groups is 1.